The summed E-state index contributed by atoms with van der Waals surface area (Å²) in [4.78, 5) is 0. The van der Waals surface area contributed by atoms with Crippen LogP contribution in [0, 0.1) is 5.82 Å². The predicted octanol–water partition coefficient (Wildman–Crippen LogP) is 4.08. The molecule has 0 aliphatic heterocycles. The van der Waals surface area contributed by atoms with Crippen LogP contribution < -0.4 is 4.74 Å². The van der Waals surface area contributed by atoms with Gasteiger partial charge in [-0.05, 0) is 43.3 Å². The summed E-state index contributed by atoms with van der Waals surface area (Å²) in [6.07, 6.45) is 0. The Morgan fingerprint density at radius 2 is 2.00 bits per heavy atom. The lowest BCUT2D eigenvalue weighted by molar-refractivity contribution is 0.294. The van der Waals surface area contributed by atoms with Crippen LogP contribution in [0.1, 0.15) is 12.6 Å². The van der Waals surface area contributed by atoms with E-state index in [1.54, 1.807) is 30.3 Å². The van der Waals surface area contributed by atoms with Gasteiger partial charge in [-0.15, -0.1) is 0 Å². The zero-order chi connectivity index (χ0) is 14.8. The van der Waals surface area contributed by atoms with E-state index in [1.165, 1.54) is 12.1 Å². The summed E-state index contributed by atoms with van der Waals surface area (Å²) >= 11 is 0. The van der Waals surface area contributed by atoms with E-state index in [1.807, 2.05) is 17.6 Å². The zero-order valence-corrected chi connectivity index (χ0v) is 11.7. The Morgan fingerprint density at radius 3 is 2.76 bits per heavy atom. The van der Waals surface area contributed by atoms with Crippen molar-refractivity contribution in [1.82, 2.24) is 4.57 Å². The molecule has 0 amide bonds. The lowest BCUT2D eigenvalue weighted by Gasteiger charge is -2.10. The number of aromatic hydroxyl groups is 1. The van der Waals surface area contributed by atoms with Crippen LogP contribution in [-0.2, 0) is 13.2 Å². The van der Waals surface area contributed by atoms with Crippen molar-refractivity contribution in [3.05, 3.63) is 60.0 Å². The largest absolute Gasteiger partial charge is 0.508 e. The van der Waals surface area contributed by atoms with Crippen LogP contribution in [-0.4, -0.2) is 9.67 Å². The number of fused-ring (bicyclic) bond motifs is 1. The van der Waals surface area contributed by atoms with Gasteiger partial charge in [-0.25, -0.2) is 4.39 Å². The van der Waals surface area contributed by atoms with Gasteiger partial charge in [-0.1, -0.05) is 6.07 Å². The van der Waals surface area contributed by atoms with Crippen LogP contribution in [0.25, 0.3) is 10.9 Å². The first kappa shape index (κ1) is 13.5. The van der Waals surface area contributed by atoms with E-state index in [4.69, 9.17) is 4.74 Å². The van der Waals surface area contributed by atoms with Crippen molar-refractivity contribution >= 4 is 10.9 Å². The molecule has 0 saturated heterocycles. The fraction of sp³-hybridized carbons (Fsp3) is 0.176. The number of phenols is 1. The van der Waals surface area contributed by atoms with Crippen molar-refractivity contribution in [3.8, 4) is 11.5 Å². The second kappa shape index (κ2) is 5.48. The summed E-state index contributed by atoms with van der Waals surface area (Å²) in [6, 6.07) is 13.5. The minimum Gasteiger partial charge on any atom is -0.508 e. The number of rotatable bonds is 4. The number of aromatic nitrogens is 1. The van der Waals surface area contributed by atoms with Crippen molar-refractivity contribution < 1.29 is 14.2 Å². The number of aryl methyl sites for hydroxylation is 1. The lowest BCUT2D eigenvalue weighted by Crippen LogP contribution is -2.04. The smallest absolute Gasteiger partial charge is 0.128 e. The van der Waals surface area contributed by atoms with Crippen molar-refractivity contribution in [1.29, 1.82) is 0 Å². The van der Waals surface area contributed by atoms with E-state index < -0.39 is 0 Å². The molecule has 3 aromatic rings. The van der Waals surface area contributed by atoms with E-state index in [0.29, 0.717) is 12.4 Å². The molecule has 1 heterocycles. The predicted molar refractivity (Wildman–Crippen MR) is 80.0 cm³/mol. The van der Waals surface area contributed by atoms with Gasteiger partial charge in [0, 0.05) is 18.0 Å². The fourth-order valence-electron chi connectivity index (χ4n) is 2.51. The average molecular weight is 285 g/mol. The van der Waals surface area contributed by atoms with E-state index >= 15 is 0 Å². The highest BCUT2D eigenvalue weighted by molar-refractivity contribution is 5.81. The van der Waals surface area contributed by atoms with E-state index in [2.05, 4.69) is 0 Å². The summed E-state index contributed by atoms with van der Waals surface area (Å²) in [7, 11) is 0. The Hall–Kier alpha value is -2.49. The summed E-state index contributed by atoms with van der Waals surface area (Å²) in [5.74, 6) is 0.537. The minimum absolute atomic E-state index is 0.172. The van der Waals surface area contributed by atoms with Crippen LogP contribution in [0.5, 0.6) is 11.5 Å². The third-order valence-electron chi connectivity index (χ3n) is 3.47. The number of nitrogens with zero attached hydrogens (tertiary/aromatic N) is 1. The molecular formula is C17H16FNO2. The topological polar surface area (TPSA) is 34.4 Å². The molecule has 0 atom stereocenters. The number of halogens is 1. The standard InChI is InChI=1S/C17H16FNO2/c1-2-19-14(8-12-6-7-13(18)9-17(12)19)11-21-16-5-3-4-15(20)10-16/h3-10,20H,2,11H2,1H3. The average Bonchev–Trinajstić information content (AvgIpc) is 2.82. The van der Waals surface area contributed by atoms with E-state index in [-0.39, 0.29) is 11.6 Å². The number of ether oxygens (including phenoxy) is 1. The van der Waals surface area contributed by atoms with Crippen LogP contribution >= 0.6 is 0 Å². The first-order chi connectivity index (χ1) is 10.2. The Balaban J connectivity index is 1.90. The highest BCUT2D eigenvalue weighted by Gasteiger charge is 2.09. The summed E-state index contributed by atoms with van der Waals surface area (Å²) in [6.45, 7) is 3.13. The Labute approximate surface area is 122 Å². The SMILES string of the molecule is CCn1c(COc2cccc(O)c2)cc2ccc(F)cc21. The maximum atomic E-state index is 13.4. The molecule has 3 nitrogen and oxygen atoms in total. The third kappa shape index (κ3) is 2.70. The third-order valence-corrected chi connectivity index (χ3v) is 3.47. The number of benzene rings is 2. The maximum Gasteiger partial charge on any atom is 0.128 e. The molecule has 21 heavy (non-hydrogen) atoms. The highest BCUT2D eigenvalue weighted by atomic mass is 19.1. The fourth-order valence-corrected chi connectivity index (χ4v) is 2.51. The van der Waals surface area contributed by atoms with Gasteiger partial charge in [0.1, 0.15) is 23.9 Å². The first-order valence-corrected chi connectivity index (χ1v) is 6.87. The molecule has 0 aliphatic rings. The molecule has 4 heteroatoms. The first-order valence-electron chi connectivity index (χ1n) is 6.87. The molecule has 0 unspecified atom stereocenters. The van der Waals surface area contributed by atoms with Gasteiger partial charge >= 0.3 is 0 Å². The number of hydrogen-bond donors (Lipinski definition) is 1. The Kier molecular flexibility index (Phi) is 3.52. The van der Waals surface area contributed by atoms with Gasteiger partial charge in [0.15, 0.2) is 0 Å². The molecule has 108 valence electrons. The molecule has 2 aromatic carbocycles. The van der Waals surface area contributed by atoms with Crippen LogP contribution in [0.15, 0.2) is 48.5 Å². The van der Waals surface area contributed by atoms with Crippen molar-refractivity contribution in [3.63, 3.8) is 0 Å². The summed E-state index contributed by atoms with van der Waals surface area (Å²) in [5, 5.41) is 10.4. The molecule has 0 bridgehead atoms. The molecule has 0 saturated carbocycles. The van der Waals surface area contributed by atoms with Crippen molar-refractivity contribution in [2.75, 3.05) is 0 Å². The minimum atomic E-state index is -0.240. The second-order valence-corrected chi connectivity index (χ2v) is 4.87. The molecule has 1 N–H and O–H groups in total. The summed E-state index contributed by atoms with van der Waals surface area (Å²) < 4.78 is 21.1. The number of phenolic OH excluding ortho intramolecular Hbond substituents is 1. The van der Waals surface area contributed by atoms with Gasteiger partial charge in [0.25, 0.3) is 0 Å². The van der Waals surface area contributed by atoms with Gasteiger partial charge in [-0.2, -0.15) is 0 Å². The van der Waals surface area contributed by atoms with Gasteiger partial charge in [0.05, 0.1) is 11.2 Å². The highest BCUT2D eigenvalue weighted by Crippen LogP contribution is 2.23. The number of hydrogen-bond acceptors (Lipinski definition) is 2. The molecule has 0 spiro atoms. The monoisotopic (exact) mass is 285 g/mol. The zero-order valence-electron chi connectivity index (χ0n) is 11.7. The molecular weight excluding hydrogens is 269 g/mol. The Morgan fingerprint density at radius 1 is 1.14 bits per heavy atom. The molecule has 0 aliphatic carbocycles. The van der Waals surface area contributed by atoms with Gasteiger partial charge in [-0.3, -0.25) is 0 Å². The van der Waals surface area contributed by atoms with Crippen molar-refractivity contribution in [2.45, 2.75) is 20.1 Å². The lowest BCUT2D eigenvalue weighted by atomic mass is 10.2. The molecule has 1 aromatic heterocycles. The van der Waals surface area contributed by atoms with Gasteiger partial charge in [0.2, 0.25) is 0 Å². The molecule has 3 rings (SSSR count). The quantitative estimate of drug-likeness (QED) is 0.783. The van der Waals surface area contributed by atoms with Crippen LogP contribution in [0.2, 0.25) is 0 Å². The van der Waals surface area contributed by atoms with Crippen LogP contribution in [0.4, 0.5) is 4.39 Å². The summed E-state index contributed by atoms with van der Waals surface area (Å²) in [5.41, 5.74) is 1.84. The molecule has 0 fully saturated rings. The second-order valence-electron chi connectivity index (χ2n) is 4.87. The normalized spacial score (nSPS) is 11.0. The van der Waals surface area contributed by atoms with Crippen molar-refractivity contribution in [2.24, 2.45) is 0 Å². The Bertz CT molecular complexity index is 780. The van der Waals surface area contributed by atoms with Gasteiger partial charge < -0.3 is 14.4 Å². The molecule has 0 radical (unpaired) electrons. The maximum absolute atomic E-state index is 13.4. The van der Waals surface area contributed by atoms with E-state index in [0.717, 1.165) is 23.1 Å². The van der Waals surface area contributed by atoms with Crippen LogP contribution in [0.3, 0.4) is 0 Å². The van der Waals surface area contributed by atoms with E-state index in [9.17, 15) is 9.50 Å².